The minimum absolute atomic E-state index is 0.00857. The van der Waals surface area contributed by atoms with Crippen LogP contribution in [0.1, 0.15) is 40.6 Å². The van der Waals surface area contributed by atoms with E-state index in [1.54, 1.807) is 11.3 Å². The van der Waals surface area contributed by atoms with Crippen molar-refractivity contribution in [2.45, 2.75) is 18.9 Å². The summed E-state index contributed by atoms with van der Waals surface area (Å²) in [5.41, 5.74) is 11.3. The third-order valence-electron chi connectivity index (χ3n) is 5.05. The van der Waals surface area contributed by atoms with Crippen LogP contribution >= 0.6 is 34.5 Å². The number of hydrogen-bond donors (Lipinski definition) is 2. The van der Waals surface area contributed by atoms with E-state index in [0.29, 0.717) is 10.7 Å². The fourth-order valence-corrected chi connectivity index (χ4v) is 4.50. The van der Waals surface area contributed by atoms with Crippen LogP contribution < -0.4 is 11.1 Å². The van der Waals surface area contributed by atoms with Gasteiger partial charge in [-0.15, -0.1) is 11.3 Å². The van der Waals surface area contributed by atoms with E-state index in [1.807, 2.05) is 66.2 Å². The van der Waals surface area contributed by atoms with Gasteiger partial charge in [0.05, 0.1) is 17.3 Å². The second-order valence-corrected chi connectivity index (χ2v) is 8.92. The Balaban J connectivity index is 1.69. The van der Waals surface area contributed by atoms with Gasteiger partial charge in [0.2, 0.25) is 0 Å². The second-order valence-electron chi connectivity index (χ2n) is 7.12. The molecule has 2 unspecified atom stereocenters. The molecule has 0 aliphatic carbocycles. The molecule has 0 aliphatic heterocycles. The van der Waals surface area contributed by atoms with Crippen molar-refractivity contribution in [3.8, 4) is 0 Å². The average molecular weight is 454 g/mol. The maximum Gasteiger partial charge on any atom is 0.104 e. The van der Waals surface area contributed by atoms with Crippen LogP contribution in [0.4, 0.5) is 11.4 Å². The van der Waals surface area contributed by atoms with E-state index in [9.17, 15) is 0 Å². The molecule has 152 valence electrons. The lowest BCUT2D eigenvalue weighted by atomic mass is 9.91. The number of nitrogens with zero attached hydrogens (tertiary/aromatic N) is 1. The average Bonchev–Trinajstić information content (AvgIpc) is 3.27. The van der Waals surface area contributed by atoms with Gasteiger partial charge in [-0.25, -0.2) is 4.98 Å². The first-order valence-corrected chi connectivity index (χ1v) is 11.2. The molecular weight excluding hydrogens is 433 g/mol. The van der Waals surface area contributed by atoms with E-state index in [-0.39, 0.29) is 12.0 Å². The van der Waals surface area contributed by atoms with Crippen LogP contribution in [-0.4, -0.2) is 4.98 Å². The summed E-state index contributed by atoms with van der Waals surface area (Å²) in [6, 6.07) is 22.0. The third kappa shape index (κ3) is 4.62. The number of nitrogens with one attached hydrogen (secondary N) is 1. The van der Waals surface area contributed by atoms with Gasteiger partial charge in [0.15, 0.2) is 0 Å². The van der Waals surface area contributed by atoms with Crippen molar-refractivity contribution >= 4 is 45.9 Å². The van der Waals surface area contributed by atoms with Gasteiger partial charge in [-0.05, 0) is 60.0 Å². The number of aromatic nitrogens is 1. The molecule has 0 bridgehead atoms. The maximum atomic E-state index is 6.30. The van der Waals surface area contributed by atoms with E-state index in [4.69, 9.17) is 28.9 Å². The van der Waals surface area contributed by atoms with E-state index < -0.39 is 0 Å². The highest BCUT2D eigenvalue weighted by molar-refractivity contribution is 7.09. The van der Waals surface area contributed by atoms with Crippen LogP contribution in [0, 0.1) is 0 Å². The molecule has 0 amide bonds. The van der Waals surface area contributed by atoms with E-state index in [0.717, 1.165) is 32.4 Å². The van der Waals surface area contributed by atoms with Crippen LogP contribution in [0.3, 0.4) is 0 Å². The van der Waals surface area contributed by atoms with Crippen molar-refractivity contribution in [3.63, 3.8) is 0 Å². The zero-order valence-corrected chi connectivity index (χ0v) is 18.7. The third-order valence-corrected chi connectivity index (χ3v) is 6.40. The summed E-state index contributed by atoms with van der Waals surface area (Å²) in [5, 5.41) is 8.00. The van der Waals surface area contributed by atoms with Gasteiger partial charge in [-0.1, -0.05) is 53.5 Å². The fraction of sp³-hybridized carbons (Fsp3) is 0.125. The SMILES string of the molecule is CC(Nc1cc(C(c2ccc(Cl)cc2)c2nccs2)ccc1N)c1ccc(Cl)cc1. The number of nitrogens with two attached hydrogens (primary N) is 1. The predicted octanol–water partition coefficient (Wildman–Crippen LogP) is 7.39. The summed E-state index contributed by atoms with van der Waals surface area (Å²) in [6.07, 6.45) is 1.84. The molecule has 0 fully saturated rings. The van der Waals surface area contributed by atoms with Crippen molar-refractivity contribution < 1.29 is 0 Å². The Kier molecular flexibility index (Phi) is 6.28. The molecular formula is C24H21Cl2N3S. The maximum absolute atomic E-state index is 6.30. The molecule has 4 aromatic rings. The van der Waals surface area contributed by atoms with Crippen LogP contribution in [0.2, 0.25) is 10.0 Å². The summed E-state index contributed by atoms with van der Waals surface area (Å²) in [7, 11) is 0. The summed E-state index contributed by atoms with van der Waals surface area (Å²) < 4.78 is 0. The van der Waals surface area contributed by atoms with Gasteiger partial charge in [-0.2, -0.15) is 0 Å². The molecule has 1 heterocycles. The Morgan fingerprint density at radius 1 is 0.867 bits per heavy atom. The standard InChI is InChI=1S/C24H21Cl2N3S/c1-15(16-2-7-19(25)8-3-16)29-22-14-18(6-11-21(22)27)23(24-28-12-13-30-24)17-4-9-20(26)10-5-17/h2-15,23,29H,27H2,1H3. The normalized spacial score (nSPS) is 13.0. The van der Waals surface area contributed by atoms with Crippen molar-refractivity contribution in [2.24, 2.45) is 0 Å². The molecule has 3 N–H and O–H groups in total. The van der Waals surface area contributed by atoms with E-state index in [2.05, 4.69) is 29.4 Å². The number of halogens is 2. The lowest BCUT2D eigenvalue weighted by Crippen LogP contribution is -2.10. The van der Waals surface area contributed by atoms with Crippen LogP contribution in [-0.2, 0) is 0 Å². The summed E-state index contributed by atoms with van der Waals surface area (Å²) >= 11 is 13.8. The first-order valence-electron chi connectivity index (χ1n) is 9.57. The van der Waals surface area contributed by atoms with Crippen molar-refractivity contribution in [1.29, 1.82) is 0 Å². The smallest absolute Gasteiger partial charge is 0.104 e. The number of rotatable bonds is 6. The van der Waals surface area contributed by atoms with Crippen LogP contribution in [0.25, 0.3) is 0 Å². The molecule has 0 saturated heterocycles. The summed E-state index contributed by atoms with van der Waals surface area (Å²) in [4.78, 5) is 4.58. The molecule has 0 aliphatic rings. The molecule has 0 spiro atoms. The molecule has 2 atom stereocenters. The monoisotopic (exact) mass is 453 g/mol. The van der Waals surface area contributed by atoms with Gasteiger partial charge < -0.3 is 11.1 Å². The molecule has 3 aromatic carbocycles. The number of nitrogen functional groups attached to an aromatic ring is 1. The lowest BCUT2D eigenvalue weighted by molar-refractivity contribution is 0.882. The fourth-order valence-electron chi connectivity index (χ4n) is 3.46. The highest BCUT2D eigenvalue weighted by Gasteiger charge is 2.20. The molecule has 6 heteroatoms. The quantitative estimate of drug-likeness (QED) is 0.299. The van der Waals surface area contributed by atoms with Gasteiger partial charge in [0.1, 0.15) is 5.01 Å². The number of benzene rings is 3. The topological polar surface area (TPSA) is 50.9 Å². The van der Waals surface area contributed by atoms with Crippen LogP contribution in [0.5, 0.6) is 0 Å². The Morgan fingerprint density at radius 2 is 1.47 bits per heavy atom. The Morgan fingerprint density at radius 3 is 2.07 bits per heavy atom. The van der Waals surface area contributed by atoms with Gasteiger partial charge in [0, 0.05) is 27.7 Å². The van der Waals surface area contributed by atoms with Crippen molar-refractivity contribution in [1.82, 2.24) is 4.98 Å². The molecule has 4 rings (SSSR count). The zero-order valence-electron chi connectivity index (χ0n) is 16.3. The van der Waals surface area contributed by atoms with Crippen molar-refractivity contribution in [2.75, 3.05) is 11.1 Å². The number of anilines is 2. The predicted molar refractivity (Wildman–Crippen MR) is 129 cm³/mol. The molecule has 30 heavy (non-hydrogen) atoms. The number of hydrogen-bond acceptors (Lipinski definition) is 4. The first kappa shape index (κ1) is 20.7. The minimum Gasteiger partial charge on any atom is -0.397 e. The first-order chi connectivity index (χ1) is 14.5. The summed E-state index contributed by atoms with van der Waals surface area (Å²) in [5.74, 6) is 0.00857. The molecule has 0 saturated carbocycles. The molecule has 3 nitrogen and oxygen atoms in total. The largest absolute Gasteiger partial charge is 0.397 e. The highest BCUT2D eigenvalue weighted by atomic mass is 35.5. The van der Waals surface area contributed by atoms with Crippen molar-refractivity contribution in [3.05, 3.63) is 110 Å². The molecule has 0 radical (unpaired) electrons. The summed E-state index contributed by atoms with van der Waals surface area (Å²) in [6.45, 7) is 2.10. The van der Waals surface area contributed by atoms with Gasteiger partial charge in [0.25, 0.3) is 0 Å². The second kappa shape index (κ2) is 9.09. The zero-order chi connectivity index (χ0) is 21.1. The number of thiazole rings is 1. The van der Waals surface area contributed by atoms with E-state index in [1.165, 1.54) is 0 Å². The van der Waals surface area contributed by atoms with Gasteiger partial charge >= 0.3 is 0 Å². The van der Waals surface area contributed by atoms with E-state index >= 15 is 0 Å². The lowest BCUT2D eigenvalue weighted by Gasteiger charge is -2.21. The Labute approximate surface area is 190 Å². The highest BCUT2D eigenvalue weighted by Crippen LogP contribution is 2.37. The minimum atomic E-state index is 0.00857. The molecule has 1 aromatic heterocycles. The van der Waals surface area contributed by atoms with Gasteiger partial charge in [-0.3, -0.25) is 0 Å². The van der Waals surface area contributed by atoms with Crippen LogP contribution in [0.15, 0.2) is 78.3 Å². The Hall–Kier alpha value is -2.53. The Bertz CT molecular complexity index is 1110.